The van der Waals surface area contributed by atoms with Crippen LogP contribution in [0.4, 0.5) is 0 Å². The third-order valence-corrected chi connectivity index (χ3v) is 2.59. The van der Waals surface area contributed by atoms with Crippen molar-refractivity contribution in [3.05, 3.63) is 27.9 Å². The Morgan fingerprint density at radius 1 is 1.71 bits per heavy atom. The summed E-state index contributed by atoms with van der Waals surface area (Å²) in [4.78, 5) is 15.4. The van der Waals surface area contributed by atoms with E-state index in [9.17, 15) is 4.79 Å². The third kappa shape index (κ3) is 1.47. The van der Waals surface area contributed by atoms with Crippen molar-refractivity contribution in [2.75, 3.05) is 0 Å². The van der Waals surface area contributed by atoms with Gasteiger partial charge in [-0.15, -0.1) is 11.3 Å². The molecule has 14 heavy (non-hydrogen) atoms. The summed E-state index contributed by atoms with van der Waals surface area (Å²) < 4.78 is 1.34. The number of aromatic nitrogens is 4. The van der Waals surface area contributed by atoms with E-state index in [2.05, 4.69) is 15.2 Å². The van der Waals surface area contributed by atoms with Crippen LogP contribution in [0, 0.1) is 0 Å². The van der Waals surface area contributed by atoms with Gasteiger partial charge in [-0.25, -0.2) is 19.4 Å². The maximum Gasteiger partial charge on any atom is 0.349 e. The van der Waals surface area contributed by atoms with E-state index in [0.717, 1.165) is 5.69 Å². The largest absolute Gasteiger partial charge is 0.349 e. The molecular formula is C7H9N5OS. The van der Waals surface area contributed by atoms with Crippen LogP contribution in [0.2, 0.25) is 0 Å². The van der Waals surface area contributed by atoms with Gasteiger partial charge in [0.2, 0.25) is 0 Å². The lowest BCUT2D eigenvalue weighted by atomic mass is 10.3. The second-order valence-electron chi connectivity index (χ2n) is 2.88. The number of aromatic amines is 1. The van der Waals surface area contributed by atoms with Crippen molar-refractivity contribution < 1.29 is 0 Å². The number of hydrogen-bond acceptors (Lipinski definition) is 5. The van der Waals surface area contributed by atoms with Crippen molar-refractivity contribution in [2.45, 2.75) is 13.0 Å². The van der Waals surface area contributed by atoms with Gasteiger partial charge in [0, 0.05) is 11.4 Å². The molecule has 2 aromatic rings. The molecule has 6 nitrogen and oxygen atoms in total. The first-order chi connectivity index (χ1) is 6.68. The van der Waals surface area contributed by atoms with E-state index in [1.807, 2.05) is 12.3 Å². The molecule has 0 bridgehead atoms. The zero-order valence-electron chi connectivity index (χ0n) is 7.47. The molecule has 0 saturated carbocycles. The Morgan fingerprint density at radius 3 is 3.00 bits per heavy atom. The van der Waals surface area contributed by atoms with Gasteiger partial charge in [-0.2, -0.15) is 5.10 Å². The van der Waals surface area contributed by atoms with Crippen LogP contribution in [0.15, 0.2) is 16.5 Å². The Hall–Kier alpha value is -1.47. The van der Waals surface area contributed by atoms with Crippen LogP contribution in [0.5, 0.6) is 0 Å². The van der Waals surface area contributed by atoms with E-state index in [1.54, 1.807) is 0 Å². The summed E-state index contributed by atoms with van der Waals surface area (Å²) in [6, 6.07) is -0.123. The van der Waals surface area contributed by atoms with Crippen molar-refractivity contribution in [3.63, 3.8) is 0 Å². The number of nitrogens with one attached hydrogen (secondary N) is 1. The lowest BCUT2D eigenvalue weighted by Crippen LogP contribution is -2.14. The minimum absolute atomic E-state index is 0.123. The minimum Gasteiger partial charge on any atom is -0.323 e. The molecule has 1 atom stereocenters. The van der Waals surface area contributed by atoms with E-state index in [0.29, 0.717) is 5.13 Å². The average molecular weight is 211 g/mol. The SMILES string of the molecule is CC(N)c1csc(-n2cn[nH]c2=O)n1. The second-order valence-corrected chi connectivity index (χ2v) is 3.71. The Bertz CT molecular complexity index is 482. The molecule has 0 spiro atoms. The van der Waals surface area contributed by atoms with Crippen molar-refractivity contribution in [2.24, 2.45) is 5.73 Å². The molecular weight excluding hydrogens is 202 g/mol. The summed E-state index contributed by atoms with van der Waals surface area (Å²) in [5.41, 5.74) is 6.13. The summed E-state index contributed by atoms with van der Waals surface area (Å²) in [6.07, 6.45) is 1.39. The topological polar surface area (TPSA) is 89.6 Å². The number of rotatable bonds is 2. The fourth-order valence-electron chi connectivity index (χ4n) is 0.980. The minimum atomic E-state index is -0.296. The fourth-order valence-corrected chi connectivity index (χ4v) is 1.88. The lowest BCUT2D eigenvalue weighted by Gasteiger charge is -1.97. The van der Waals surface area contributed by atoms with Crippen LogP contribution in [-0.4, -0.2) is 19.7 Å². The molecule has 0 fully saturated rings. The molecule has 3 N–H and O–H groups in total. The molecule has 74 valence electrons. The van der Waals surface area contributed by atoms with Gasteiger partial charge in [-0.05, 0) is 6.92 Å². The smallest absolute Gasteiger partial charge is 0.323 e. The van der Waals surface area contributed by atoms with E-state index in [-0.39, 0.29) is 11.7 Å². The Morgan fingerprint density at radius 2 is 2.50 bits per heavy atom. The second kappa shape index (κ2) is 3.35. The molecule has 0 amide bonds. The van der Waals surface area contributed by atoms with Gasteiger partial charge in [0.1, 0.15) is 6.33 Å². The van der Waals surface area contributed by atoms with Gasteiger partial charge < -0.3 is 5.73 Å². The van der Waals surface area contributed by atoms with Gasteiger partial charge in [0.15, 0.2) is 5.13 Å². The van der Waals surface area contributed by atoms with E-state index in [4.69, 9.17) is 5.73 Å². The molecule has 0 radical (unpaired) electrons. The van der Waals surface area contributed by atoms with E-state index in [1.165, 1.54) is 22.2 Å². The van der Waals surface area contributed by atoms with Gasteiger partial charge in [0.05, 0.1) is 5.69 Å². The highest BCUT2D eigenvalue weighted by molar-refractivity contribution is 7.12. The van der Waals surface area contributed by atoms with Crippen molar-refractivity contribution in [3.8, 4) is 5.13 Å². The fraction of sp³-hybridized carbons (Fsp3) is 0.286. The van der Waals surface area contributed by atoms with Gasteiger partial charge in [0.25, 0.3) is 0 Å². The lowest BCUT2D eigenvalue weighted by molar-refractivity contribution is 0.782. The molecule has 0 aromatic carbocycles. The molecule has 2 rings (SSSR count). The van der Waals surface area contributed by atoms with Crippen LogP contribution >= 0.6 is 11.3 Å². The Labute approximate surface area is 83.4 Å². The first-order valence-electron chi connectivity index (χ1n) is 4.02. The van der Waals surface area contributed by atoms with Crippen LogP contribution in [0.3, 0.4) is 0 Å². The molecule has 1 unspecified atom stereocenters. The molecule has 0 saturated heterocycles. The maximum absolute atomic E-state index is 11.2. The molecule has 0 aliphatic rings. The summed E-state index contributed by atoms with van der Waals surface area (Å²) >= 11 is 1.36. The van der Waals surface area contributed by atoms with Crippen molar-refractivity contribution in [1.29, 1.82) is 0 Å². The predicted octanol–water partition coefficient (Wildman–Crippen LogP) is 0.0368. The standard InChI is InChI=1S/C7H9N5OS/c1-4(8)5-2-14-7(10-5)12-3-9-11-6(12)13/h2-4H,8H2,1H3,(H,11,13). The number of hydrogen-bond donors (Lipinski definition) is 2. The Kier molecular flexibility index (Phi) is 2.18. The number of nitrogens with two attached hydrogens (primary N) is 1. The number of thiazole rings is 1. The highest BCUT2D eigenvalue weighted by atomic mass is 32.1. The highest BCUT2D eigenvalue weighted by Gasteiger charge is 2.08. The van der Waals surface area contributed by atoms with Gasteiger partial charge in [-0.1, -0.05) is 0 Å². The van der Waals surface area contributed by atoms with Crippen LogP contribution in [0.1, 0.15) is 18.7 Å². The first kappa shape index (κ1) is 9.10. The molecule has 0 aliphatic carbocycles. The predicted molar refractivity (Wildman–Crippen MR) is 52.5 cm³/mol. The number of nitrogens with zero attached hydrogens (tertiary/aromatic N) is 3. The summed E-state index contributed by atoms with van der Waals surface area (Å²) in [6.45, 7) is 1.84. The van der Waals surface area contributed by atoms with E-state index >= 15 is 0 Å². The molecule has 2 aromatic heterocycles. The van der Waals surface area contributed by atoms with Gasteiger partial charge >= 0.3 is 5.69 Å². The zero-order chi connectivity index (χ0) is 10.1. The van der Waals surface area contributed by atoms with Crippen molar-refractivity contribution >= 4 is 11.3 Å². The highest BCUT2D eigenvalue weighted by Crippen LogP contribution is 2.16. The zero-order valence-corrected chi connectivity index (χ0v) is 8.28. The summed E-state index contributed by atoms with van der Waals surface area (Å²) in [5.74, 6) is 0. The molecule has 2 heterocycles. The first-order valence-corrected chi connectivity index (χ1v) is 4.90. The van der Waals surface area contributed by atoms with E-state index < -0.39 is 0 Å². The monoisotopic (exact) mass is 211 g/mol. The third-order valence-electron chi connectivity index (χ3n) is 1.73. The van der Waals surface area contributed by atoms with Crippen LogP contribution < -0.4 is 11.4 Å². The average Bonchev–Trinajstić information content (AvgIpc) is 2.71. The molecule has 0 aliphatic heterocycles. The maximum atomic E-state index is 11.2. The quantitative estimate of drug-likeness (QED) is 0.733. The van der Waals surface area contributed by atoms with Gasteiger partial charge in [-0.3, -0.25) is 0 Å². The summed E-state index contributed by atoms with van der Waals surface area (Å²) in [5, 5.41) is 8.32. The van der Waals surface area contributed by atoms with Crippen LogP contribution in [0.25, 0.3) is 5.13 Å². The molecule has 7 heteroatoms. The number of H-pyrrole nitrogens is 1. The summed E-state index contributed by atoms with van der Waals surface area (Å²) in [7, 11) is 0. The van der Waals surface area contributed by atoms with Crippen LogP contribution in [-0.2, 0) is 0 Å². The normalized spacial score (nSPS) is 13.0. The Balaban J connectivity index is 2.44. The van der Waals surface area contributed by atoms with Crippen molar-refractivity contribution in [1.82, 2.24) is 19.7 Å².